The summed E-state index contributed by atoms with van der Waals surface area (Å²) < 4.78 is 74.2. The number of alkyl halides is 3. The molecule has 0 spiro atoms. The lowest BCUT2D eigenvalue weighted by atomic mass is 9.98. The molecule has 1 N–H and O–H groups in total. The Kier molecular flexibility index (Phi) is 5.35. The van der Waals surface area contributed by atoms with Crippen LogP contribution < -0.4 is 5.32 Å². The van der Waals surface area contributed by atoms with Crippen molar-refractivity contribution in [2.24, 2.45) is 5.92 Å². The minimum absolute atomic E-state index is 0.0697. The lowest BCUT2D eigenvalue weighted by Crippen LogP contribution is -2.45. The number of halogens is 4. The molecule has 1 heterocycles. The Bertz CT molecular complexity index is 735. The fourth-order valence-corrected chi connectivity index (χ4v) is 3.47. The van der Waals surface area contributed by atoms with E-state index in [1.807, 2.05) is 6.07 Å². The van der Waals surface area contributed by atoms with Gasteiger partial charge in [-0.15, -0.1) is 0 Å². The van der Waals surface area contributed by atoms with E-state index in [2.05, 4.69) is 5.32 Å². The van der Waals surface area contributed by atoms with Gasteiger partial charge >= 0.3 is 15.5 Å². The fraction of sp³-hybridized carbons (Fsp3) is 0.500. The Morgan fingerprint density at radius 2 is 1.92 bits per heavy atom. The van der Waals surface area contributed by atoms with Crippen molar-refractivity contribution >= 4 is 15.7 Å². The van der Waals surface area contributed by atoms with Gasteiger partial charge in [0.25, 0.3) is 0 Å². The van der Waals surface area contributed by atoms with E-state index in [4.69, 9.17) is 5.26 Å². The highest BCUT2D eigenvalue weighted by Gasteiger charge is 2.50. The number of piperidine rings is 1. The molecular weight excluding hydrogens is 350 g/mol. The molecule has 24 heavy (non-hydrogen) atoms. The molecule has 1 saturated heterocycles. The molecule has 0 aliphatic carbocycles. The molecular formula is C14H15F4N3O2S. The molecule has 132 valence electrons. The van der Waals surface area contributed by atoms with Gasteiger partial charge in [0, 0.05) is 19.6 Å². The molecule has 1 fully saturated rings. The number of benzene rings is 1. The summed E-state index contributed by atoms with van der Waals surface area (Å²) in [6.45, 7) is -0.128. The van der Waals surface area contributed by atoms with Gasteiger partial charge in [-0.3, -0.25) is 0 Å². The first-order chi connectivity index (χ1) is 11.1. The Labute approximate surface area is 136 Å². The third-order valence-electron chi connectivity index (χ3n) is 3.89. The number of rotatable bonds is 4. The second-order valence-corrected chi connectivity index (χ2v) is 7.41. The van der Waals surface area contributed by atoms with Gasteiger partial charge in [0.15, 0.2) is 0 Å². The van der Waals surface area contributed by atoms with Crippen molar-refractivity contribution in [3.63, 3.8) is 0 Å². The van der Waals surface area contributed by atoms with E-state index >= 15 is 0 Å². The molecule has 10 heteroatoms. The van der Waals surface area contributed by atoms with Gasteiger partial charge in [0.05, 0.1) is 17.3 Å². The maximum absolute atomic E-state index is 13.7. The lowest BCUT2D eigenvalue weighted by molar-refractivity contribution is -0.0496. The monoisotopic (exact) mass is 365 g/mol. The van der Waals surface area contributed by atoms with E-state index in [9.17, 15) is 26.0 Å². The zero-order valence-electron chi connectivity index (χ0n) is 12.5. The average Bonchev–Trinajstić information content (AvgIpc) is 2.53. The summed E-state index contributed by atoms with van der Waals surface area (Å²) >= 11 is 0. The van der Waals surface area contributed by atoms with Crippen LogP contribution in [0.3, 0.4) is 0 Å². The van der Waals surface area contributed by atoms with E-state index < -0.39 is 21.3 Å². The first-order valence-electron chi connectivity index (χ1n) is 7.15. The largest absolute Gasteiger partial charge is 0.511 e. The minimum atomic E-state index is -5.29. The van der Waals surface area contributed by atoms with Gasteiger partial charge in [-0.05, 0) is 37.0 Å². The summed E-state index contributed by atoms with van der Waals surface area (Å²) in [6, 6.07) is 5.76. The predicted octanol–water partition coefficient (Wildman–Crippen LogP) is 2.67. The molecule has 0 unspecified atom stereocenters. The zero-order valence-corrected chi connectivity index (χ0v) is 13.3. The van der Waals surface area contributed by atoms with Crippen molar-refractivity contribution in [1.82, 2.24) is 4.31 Å². The van der Waals surface area contributed by atoms with Crippen LogP contribution in [0.25, 0.3) is 0 Å². The smallest absolute Gasteiger partial charge is 0.382 e. The highest BCUT2D eigenvalue weighted by atomic mass is 32.2. The van der Waals surface area contributed by atoms with E-state index in [0.29, 0.717) is 10.8 Å². The quantitative estimate of drug-likeness (QED) is 0.833. The van der Waals surface area contributed by atoms with Crippen molar-refractivity contribution in [1.29, 1.82) is 5.26 Å². The number of nitriles is 1. The van der Waals surface area contributed by atoms with Gasteiger partial charge in [0.1, 0.15) is 5.82 Å². The molecule has 5 nitrogen and oxygen atoms in total. The normalized spacial score (nSPS) is 17.5. The topological polar surface area (TPSA) is 73.2 Å². The van der Waals surface area contributed by atoms with E-state index in [0.717, 1.165) is 6.07 Å². The number of sulfonamides is 1. The van der Waals surface area contributed by atoms with Crippen molar-refractivity contribution in [3.05, 3.63) is 29.6 Å². The van der Waals surface area contributed by atoms with E-state index in [1.165, 1.54) is 12.1 Å². The maximum Gasteiger partial charge on any atom is 0.511 e. The third kappa shape index (κ3) is 3.96. The molecule has 0 radical (unpaired) electrons. The predicted molar refractivity (Wildman–Crippen MR) is 78.9 cm³/mol. The first kappa shape index (κ1) is 18.5. The van der Waals surface area contributed by atoms with Crippen molar-refractivity contribution in [2.75, 3.05) is 25.0 Å². The number of hydrogen-bond acceptors (Lipinski definition) is 4. The van der Waals surface area contributed by atoms with Gasteiger partial charge in [-0.1, -0.05) is 0 Å². The van der Waals surface area contributed by atoms with Crippen LogP contribution in [-0.2, 0) is 10.0 Å². The van der Waals surface area contributed by atoms with Gasteiger partial charge in [-0.25, -0.2) is 12.8 Å². The van der Waals surface area contributed by atoms with Crippen LogP contribution in [0.15, 0.2) is 18.2 Å². The van der Waals surface area contributed by atoms with Crippen molar-refractivity contribution in [2.45, 2.75) is 18.3 Å². The fourth-order valence-electron chi connectivity index (χ4n) is 2.48. The van der Waals surface area contributed by atoms with Crippen LogP contribution in [0.5, 0.6) is 0 Å². The molecule has 1 aliphatic heterocycles. The van der Waals surface area contributed by atoms with Crippen molar-refractivity contribution < 1.29 is 26.0 Å². The molecule has 0 atom stereocenters. The van der Waals surface area contributed by atoms with Crippen LogP contribution >= 0.6 is 0 Å². The van der Waals surface area contributed by atoms with E-state index in [-0.39, 0.29) is 43.1 Å². The second-order valence-electron chi connectivity index (χ2n) is 5.48. The van der Waals surface area contributed by atoms with Gasteiger partial charge in [-0.2, -0.15) is 22.7 Å². The van der Waals surface area contributed by atoms with Crippen LogP contribution in [0, 0.1) is 23.1 Å². The second kappa shape index (κ2) is 6.94. The number of hydrogen-bond donors (Lipinski definition) is 1. The molecule has 2 rings (SSSR count). The minimum Gasteiger partial charge on any atom is -0.382 e. The molecule has 1 aliphatic rings. The molecule has 1 aromatic rings. The van der Waals surface area contributed by atoms with Gasteiger partial charge in [0.2, 0.25) is 0 Å². The van der Waals surface area contributed by atoms with Crippen LogP contribution in [0.4, 0.5) is 23.2 Å². The van der Waals surface area contributed by atoms with Crippen LogP contribution in [0.1, 0.15) is 18.4 Å². The zero-order chi connectivity index (χ0) is 18.0. The third-order valence-corrected chi connectivity index (χ3v) is 5.52. The van der Waals surface area contributed by atoms with Gasteiger partial charge < -0.3 is 5.32 Å². The Balaban J connectivity index is 1.89. The van der Waals surface area contributed by atoms with E-state index in [1.54, 1.807) is 0 Å². The first-order valence-corrected chi connectivity index (χ1v) is 8.59. The number of nitrogens with one attached hydrogen (secondary N) is 1. The highest BCUT2D eigenvalue weighted by Crippen LogP contribution is 2.30. The molecule has 0 amide bonds. The summed E-state index contributed by atoms with van der Waals surface area (Å²) in [5.41, 5.74) is -4.91. The number of nitrogens with zero attached hydrogens (tertiary/aromatic N) is 2. The average molecular weight is 365 g/mol. The molecule has 1 aromatic carbocycles. The standard InChI is InChI=1S/C14H15F4N3O2S/c15-12-7-11(8-19)1-2-13(12)20-9-10-3-5-21(6-4-10)24(22,23)14(16,17)18/h1-2,7,10,20H,3-6,9H2. The number of anilines is 1. The lowest BCUT2D eigenvalue weighted by Gasteiger charge is -2.31. The SMILES string of the molecule is N#Cc1ccc(NCC2CCN(S(=O)(=O)C(F)(F)F)CC2)c(F)c1. The summed E-state index contributed by atoms with van der Waals surface area (Å²) in [5.74, 6) is -0.661. The summed E-state index contributed by atoms with van der Waals surface area (Å²) in [5, 5.41) is 11.5. The molecule has 0 aromatic heterocycles. The molecule has 0 saturated carbocycles. The van der Waals surface area contributed by atoms with Crippen LogP contribution in [-0.4, -0.2) is 37.9 Å². The summed E-state index contributed by atoms with van der Waals surface area (Å²) in [6.07, 6.45) is 0.500. The maximum atomic E-state index is 13.7. The Morgan fingerprint density at radius 1 is 1.29 bits per heavy atom. The van der Waals surface area contributed by atoms with Crippen molar-refractivity contribution in [3.8, 4) is 6.07 Å². The molecule has 0 bridgehead atoms. The van der Waals surface area contributed by atoms with Crippen LogP contribution in [0.2, 0.25) is 0 Å². The summed E-state index contributed by atoms with van der Waals surface area (Å²) in [7, 11) is -5.28. The summed E-state index contributed by atoms with van der Waals surface area (Å²) in [4.78, 5) is 0. The highest BCUT2D eigenvalue weighted by molar-refractivity contribution is 7.90. The Hall–Kier alpha value is -1.86. The Morgan fingerprint density at radius 3 is 2.42 bits per heavy atom.